The Kier molecular flexibility index (Phi) is 6.59. The highest BCUT2D eigenvalue weighted by Crippen LogP contribution is 2.31. The second-order valence-corrected chi connectivity index (χ2v) is 8.02. The zero-order valence-electron chi connectivity index (χ0n) is 17.2. The van der Waals surface area contributed by atoms with E-state index in [1.165, 1.54) is 12.1 Å². The van der Waals surface area contributed by atoms with Crippen molar-refractivity contribution in [1.82, 2.24) is 24.9 Å². The third kappa shape index (κ3) is 5.01. The van der Waals surface area contributed by atoms with Crippen LogP contribution in [0.2, 0.25) is 0 Å². The first kappa shape index (κ1) is 22.1. The molecule has 0 unspecified atom stereocenters. The van der Waals surface area contributed by atoms with Crippen LogP contribution in [0.25, 0.3) is 22.8 Å². The molecule has 4 aromatic rings. The van der Waals surface area contributed by atoms with E-state index in [0.717, 1.165) is 47.4 Å². The van der Waals surface area contributed by atoms with Gasteiger partial charge in [-0.15, -0.1) is 10.2 Å². The number of rotatable bonds is 8. The number of nitrogens with zero attached hydrogens (tertiary/aromatic N) is 5. The molecule has 2 aromatic heterocycles. The molecule has 0 aliphatic rings. The van der Waals surface area contributed by atoms with Crippen molar-refractivity contribution in [2.45, 2.75) is 37.6 Å². The fourth-order valence-corrected chi connectivity index (χ4v) is 4.12. The molecule has 0 atom stereocenters. The van der Waals surface area contributed by atoms with E-state index < -0.39 is 11.7 Å². The van der Waals surface area contributed by atoms with Gasteiger partial charge in [0.25, 0.3) is 0 Å². The second kappa shape index (κ2) is 9.56. The molecule has 0 spiro atoms. The lowest BCUT2D eigenvalue weighted by atomic mass is 10.1. The van der Waals surface area contributed by atoms with E-state index in [1.807, 2.05) is 37.3 Å². The number of thioether (sulfide) groups is 1. The van der Waals surface area contributed by atoms with Crippen molar-refractivity contribution < 1.29 is 17.7 Å². The molecule has 2 heterocycles. The molecule has 10 heteroatoms. The lowest BCUT2D eigenvalue weighted by Gasteiger charge is -2.07. The molecule has 0 aliphatic heterocycles. The van der Waals surface area contributed by atoms with Crippen molar-refractivity contribution in [3.05, 3.63) is 66.1 Å². The summed E-state index contributed by atoms with van der Waals surface area (Å²) in [6.45, 7) is 2.80. The molecular formula is C22H20F3N5OS. The van der Waals surface area contributed by atoms with Gasteiger partial charge < -0.3 is 9.09 Å². The molecule has 166 valence electrons. The molecule has 0 aliphatic carbocycles. The van der Waals surface area contributed by atoms with Gasteiger partial charge in [-0.3, -0.25) is 0 Å². The molecule has 2 aromatic carbocycles. The van der Waals surface area contributed by atoms with Gasteiger partial charge in [-0.05, 0) is 25.5 Å². The number of hydrogen-bond donors (Lipinski definition) is 0. The summed E-state index contributed by atoms with van der Waals surface area (Å²) in [7, 11) is 0. The van der Waals surface area contributed by atoms with Crippen LogP contribution in [0.4, 0.5) is 13.2 Å². The Balaban J connectivity index is 1.35. The van der Waals surface area contributed by atoms with Crippen molar-refractivity contribution >= 4 is 11.8 Å². The minimum atomic E-state index is -4.42. The van der Waals surface area contributed by atoms with E-state index in [2.05, 4.69) is 24.9 Å². The predicted octanol–water partition coefficient (Wildman–Crippen LogP) is 5.76. The zero-order valence-corrected chi connectivity index (χ0v) is 18.0. The molecule has 6 nitrogen and oxygen atoms in total. The van der Waals surface area contributed by atoms with E-state index in [-0.39, 0.29) is 11.4 Å². The Labute approximate surface area is 186 Å². The molecule has 0 radical (unpaired) electrons. The fraction of sp³-hybridized carbons (Fsp3) is 0.273. The van der Waals surface area contributed by atoms with Crippen LogP contribution in [0.1, 0.15) is 24.8 Å². The number of benzene rings is 2. The van der Waals surface area contributed by atoms with Crippen LogP contribution >= 0.6 is 11.8 Å². The van der Waals surface area contributed by atoms with Crippen molar-refractivity contribution in [3.63, 3.8) is 0 Å². The van der Waals surface area contributed by atoms with Gasteiger partial charge in [-0.1, -0.05) is 59.4 Å². The Bertz CT molecular complexity index is 1170. The van der Waals surface area contributed by atoms with Crippen LogP contribution in [0, 0.1) is 0 Å². The lowest BCUT2D eigenvalue weighted by Crippen LogP contribution is -2.04. The minimum absolute atomic E-state index is 0.150. The smallest absolute Gasteiger partial charge is 0.339 e. The Hall–Kier alpha value is -3.14. The lowest BCUT2D eigenvalue weighted by molar-refractivity contribution is -0.137. The van der Waals surface area contributed by atoms with Gasteiger partial charge in [0.1, 0.15) is 0 Å². The van der Waals surface area contributed by atoms with Crippen LogP contribution in [-0.4, -0.2) is 30.7 Å². The molecule has 0 amide bonds. The summed E-state index contributed by atoms with van der Waals surface area (Å²) in [5.74, 6) is 2.13. The van der Waals surface area contributed by atoms with Gasteiger partial charge >= 0.3 is 6.18 Å². The summed E-state index contributed by atoms with van der Waals surface area (Å²) in [4.78, 5) is 4.24. The summed E-state index contributed by atoms with van der Waals surface area (Å²) in [5.41, 5.74) is 0.544. The van der Waals surface area contributed by atoms with Crippen LogP contribution in [0.15, 0.2) is 64.3 Å². The van der Waals surface area contributed by atoms with Crippen LogP contribution in [0.3, 0.4) is 0 Å². The van der Waals surface area contributed by atoms with E-state index in [9.17, 15) is 13.2 Å². The number of aryl methyl sites for hydroxylation is 1. The molecule has 0 saturated heterocycles. The highest BCUT2D eigenvalue weighted by atomic mass is 32.2. The van der Waals surface area contributed by atoms with Gasteiger partial charge in [0.2, 0.25) is 11.7 Å². The van der Waals surface area contributed by atoms with Crippen LogP contribution in [-0.2, 0) is 19.1 Å². The quantitative estimate of drug-likeness (QED) is 0.247. The van der Waals surface area contributed by atoms with Crippen molar-refractivity contribution in [3.8, 4) is 22.8 Å². The van der Waals surface area contributed by atoms with Crippen LogP contribution < -0.4 is 0 Å². The molecule has 0 saturated carbocycles. The molecule has 0 fully saturated rings. The maximum absolute atomic E-state index is 12.9. The maximum Gasteiger partial charge on any atom is 0.416 e. The summed E-state index contributed by atoms with van der Waals surface area (Å²) in [5, 5.41) is 13.3. The summed E-state index contributed by atoms with van der Waals surface area (Å²) in [6, 6.07) is 14.8. The largest absolute Gasteiger partial charge is 0.416 e. The second-order valence-electron chi connectivity index (χ2n) is 6.96. The van der Waals surface area contributed by atoms with E-state index in [1.54, 1.807) is 11.8 Å². The number of hydrogen-bond acceptors (Lipinski definition) is 6. The fourth-order valence-electron chi connectivity index (χ4n) is 3.18. The average Bonchev–Trinajstić information content (AvgIpc) is 3.44. The van der Waals surface area contributed by atoms with Crippen molar-refractivity contribution in [1.29, 1.82) is 0 Å². The summed E-state index contributed by atoms with van der Waals surface area (Å²) >= 11 is 1.59. The predicted molar refractivity (Wildman–Crippen MR) is 115 cm³/mol. The maximum atomic E-state index is 12.9. The normalized spacial score (nSPS) is 11.8. The Morgan fingerprint density at radius 1 is 1.00 bits per heavy atom. The summed E-state index contributed by atoms with van der Waals surface area (Å²) in [6.07, 6.45) is -3.16. The van der Waals surface area contributed by atoms with E-state index in [4.69, 9.17) is 4.52 Å². The highest BCUT2D eigenvalue weighted by molar-refractivity contribution is 7.99. The monoisotopic (exact) mass is 459 g/mol. The number of aromatic nitrogens is 5. The van der Waals surface area contributed by atoms with Crippen molar-refractivity contribution in [2.24, 2.45) is 0 Å². The summed E-state index contributed by atoms with van der Waals surface area (Å²) < 4.78 is 46.0. The third-order valence-electron chi connectivity index (χ3n) is 4.75. The van der Waals surface area contributed by atoms with Gasteiger partial charge in [-0.2, -0.15) is 18.2 Å². The van der Waals surface area contributed by atoms with E-state index >= 15 is 0 Å². The minimum Gasteiger partial charge on any atom is -0.339 e. The first-order valence-electron chi connectivity index (χ1n) is 10.1. The number of alkyl halides is 3. The zero-order chi connectivity index (χ0) is 22.6. The van der Waals surface area contributed by atoms with Crippen molar-refractivity contribution in [2.75, 3.05) is 5.75 Å². The first-order valence-corrected chi connectivity index (χ1v) is 11.1. The van der Waals surface area contributed by atoms with E-state index in [0.29, 0.717) is 12.3 Å². The first-order chi connectivity index (χ1) is 15.5. The molecule has 0 N–H and O–H groups in total. The van der Waals surface area contributed by atoms with Gasteiger partial charge in [-0.25, -0.2) is 0 Å². The van der Waals surface area contributed by atoms with Gasteiger partial charge in [0.15, 0.2) is 11.0 Å². The third-order valence-corrected chi connectivity index (χ3v) is 5.80. The molecule has 4 rings (SSSR count). The van der Waals surface area contributed by atoms with Gasteiger partial charge in [0.05, 0.1) is 5.56 Å². The number of halogens is 3. The molecular weight excluding hydrogens is 439 g/mol. The topological polar surface area (TPSA) is 69.6 Å². The van der Waals surface area contributed by atoms with Gasteiger partial charge in [0, 0.05) is 29.8 Å². The average molecular weight is 459 g/mol. The SMILES string of the molecule is CCn1c(SCCCc2nc(-c3cccc(C(F)(F)F)c3)no2)nnc1-c1ccccc1. The molecule has 0 bridgehead atoms. The van der Waals surface area contributed by atoms with Crippen LogP contribution in [0.5, 0.6) is 0 Å². The molecule has 32 heavy (non-hydrogen) atoms. The standard InChI is InChI=1S/C22H20F3N5OS/c1-2-30-20(15-8-4-3-5-9-15)27-28-21(30)32-13-7-12-18-26-19(29-31-18)16-10-6-11-17(14-16)22(23,24)25/h3-6,8-11,14H,2,7,12-13H2,1H3. The highest BCUT2D eigenvalue weighted by Gasteiger charge is 2.30. The Morgan fingerprint density at radius 3 is 2.53 bits per heavy atom. The Morgan fingerprint density at radius 2 is 1.78 bits per heavy atom.